The SMILES string of the molecule is CCCOC(=O)/C(=C\OCC)C(=O)CC. The molecule has 4 nitrogen and oxygen atoms in total. The zero-order valence-corrected chi connectivity index (χ0v) is 9.54. The Kier molecular flexibility index (Phi) is 7.32. The molecule has 0 N–H and O–H groups in total. The molecule has 0 atom stereocenters. The third-order valence-corrected chi connectivity index (χ3v) is 1.65. The Balaban J connectivity index is 4.48. The summed E-state index contributed by atoms with van der Waals surface area (Å²) in [5.74, 6) is -0.860. The molecule has 0 rings (SSSR count). The Morgan fingerprint density at radius 3 is 2.33 bits per heavy atom. The number of hydrogen-bond acceptors (Lipinski definition) is 4. The number of carbonyl (C=O) groups excluding carboxylic acids is 2. The molecule has 0 spiro atoms. The van der Waals surface area contributed by atoms with Crippen molar-refractivity contribution in [2.24, 2.45) is 0 Å². The van der Waals surface area contributed by atoms with E-state index in [0.717, 1.165) is 6.42 Å². The maximum Gasteiger partial charge on any atom is 0.344 e. The molecule has 0 fully saturated rings. The fraction of sp³-hybridized carbons (Fsp3) is 0.636. The molecule has 0 aliphatic heterocycles. The van der Waals surface area contributed by atoms with Gasteiger partial charge >= 0.3 is 5.97 Å². The van der Waals surface area contributed by atoms with Gasteiger partial charge in [0.25, 0.3) is 0 Å². The van der Waals surface area contributed by atoms with Gasteiger partial charge in [0.15, 0.2) is 5.78 Å². The van der Waals surface area contributed by atoms with Crippen molar-refractivity contribution in [2.75, 3.05) is 13.2 Å². The summed E-state index contributed by atoms with van der Waals surface area (Å²) in [6.07, 6.45) is 2.18. The topological polar surface area (TPSA) is 52.6 Å². The van der Waals surface area contributed by atoms with Crippen molar-refractivity contribution in [1.82, 2.24) is 0 Å². The van der Waals surface area contributed by atoms with E-state index in [9.17, 15) is 9.59 Å². The van der Waals surface area contributed by atoms with Crippen molar-refractivity contribution >= 4 is 11.8 Å². The summed E-state index contributed by atoms with van der Waals surface area (Å²) in [4.78, 5) is 22.8. The molecule has 4 heteroatoms. The average molecular weight is 214 g/mol. The first-order chi connectivity index (χ1) is 7.17. The van der Waals surface area contributed by atoms with Crippen molar-refractivity contribution in [3.8, 4) is 0 Å². The fourth-order valence-corrected chi connectivity index (χ4v) is 0.857. The van der Waals surface area contributed by atoms with E-state index in [4.69, 9.17) is 9.47 Å². The van der Waals surface area contributed by atoms with Crippen LogP contribution in [0.15, 0.2) is 11.8 Å². The van der Waals surface area contributed by atoms with Gasteiger partial charge in [-0.25, -0.2) is 4.79 Å². The highest BCUT2D eigenvalue weighted by Gasteiger charge is 2.18. The number of rotatable bonds is 7. The minimum absolute atomic E-state index is 0.00667. The zero-order chi connectivity index (χ0) is 11.7. The Hall–Kier alpha value is -1.32. The molecule has 0 saturated heterocycles. The van der Waals surface area contributed by atoms with E-state index in [2.05, 4.69) is 0 Å². The highest BCUT2D eigenvalue weighted by atomic mass is 16.5. The number of esters is 1. The standard InChI is InChI=1S/C11H18O4/c1-4-7-15-11(13)9(8-14-6-3)10(12)5-2/h8H,4-7H2,1-3H3/b9-8-. The maximum absolute atomic E-state index is 11.4. The lowest BCUT2D eigenvalue weighted by molar-refractivity contribution is -0.140. The van der Waals surface area contributed by atoms with Crippen molar-refractivity contribution in [3.63, 3.8) is 0 Å². The Bertz CT molecular complexity index is 243. The number of Topliss-reactive ketones (excluding diaryl/α,β-unsaturated/α-hetero) is 1. The third kappa shape index (κ3) is 5.20. The van der Waals surface area contributed by atoms with Crippen molar-refractivity contribution in [3.05, 3.63) is 11.8 Å². The molecule has 0 amide bonds. The zero-order valence-electron chi connectivity index (χ0n) is 9.54. The van der Waals surface area contributed by atoms with Gasteiger partial charge in [-0.2, -0.15) is 0 Å². The van der Waals surface area contributed by atoms with Crippen LogP contribution in [0.4, 0.5) is 0 Å². The smallest absolute Gasteiger partial charge is 0.344 e. The normalized spacial score (nSPS) is 11.0. The molecule has 0 bridgehead atoms. The maximum atomic E-state index is 11.4. The van der Waals surface area contributed by atoms with E-state index in [1.54, 1.807) is 13.8 Å². The van der Waals surface area contributed by atoms with Crippen LogP contribution in [0.5, 0.6) is 0 Å². The van der Waals surface area contributed by atoms with Gasteiger partial charge < -0.3 is 9.47 Å². The monoisotopic (exact) mass is 214 g/mol. The van der Waals surface area contributed by atoms with Gasteiger partial charge in [-0.3, -0.25) is 4.79 Å². The van der Waals surface area contributed by atoms with E-state index in [1.807, 2.05) is 6.92 Å². The summed E-state index contributed by atoms with van der Waals surface area (Å²) in [5, 5.41) is 0. The predicted octanol–water partition coefficient (Wildman–Crippen LogP) is 1.84. The van der Waals surface area contributed by atoms with Crippen LogP contribution in [0.1, 0.15) is 33.6 Å². The van der Waals surface area contributed by atoms with Crippen molar-refractivity contribution in [2.45, 2.75) is 33.6 Å². The van der Waals surface area contributed by atoms with Crippen LogP contribution in [0.3, 0.4) is 0 Å². The molecule has 0 unspecified atom stereocenters. The van der Waals surface area contributed by atoms with Crippen LogP contribution in [0, 0.1) is 0 Å². The first-order valence-electron chi connectivity index (χ1n) is 5.19. The molecular formula is C11H18O4. The third-order valence-electron chi connectivity index (χ3n) is 1.65. The summed E-state index contributed by atoms with van der Waals surface area (Å²) in [6.45, 7) is 6.10. The minimum atomic E-state index is -0.600. The first-order valence-corrected chi connectivity index (χ1v) is 5.19. The first kappa shape index (κ1) is 13.7. The molecule has 0 aliphatic rings. The van der Waals surface area contributed by atoms with Crippen LogP contribution in [0.2, 0.25) is 0 Å². The van der Waals surface area contributed by atoms with Crippen LogP contribution >= 0.6 is 0 Å². The second kappa shape index (κ2) is 8.03. The Morgan fingerprint density at radius 2 is 1.87 bits per heavy atom. The highest BCUT2D eigenvalue weighted by molar-refractivity contribution is 6.16. The molecule has 15 heavy (non-hydrogen) atoms. The van der Waals surface area contributed by atoms with Gasteiger partial charge in [0.1, 0.15) is 11.8 Å². The van der Waals surface area contributed by atoms with Crippen LogP contribution in [-0.2, 0) is 19.1 Å². The molecule has 0 heterocycles. The van der Waals surface area contributed by atoms with Crippen LogP contribution in [0.25, 0.3) is 0 Å². The van der Waals surface area contributed by atoms with Gasteiger partial charge in [0.05, 0.1) is 13.2 Å². The largest absolute Gasteiger partial charge is 0.500 e. The molecular weight excluding hydrogens is 196 g/mol. The number of carbonyl (C=O) groups is 2. The number of hydrogen-bond donors (Lipinski definition) is 0. The van der Waals surface area contributed by atoms with Gasteiger partial charge in [-0.1, -0.05) is 13.8 Å². The number of ketones is 1. The van der Waals surface area contributed by atoms with Gasteiger partial charge in [0.2, 0.25) is 0 Å². The summed E-state index contributed by atoms with van der Waals surface area (Å²) in [7, 11) is 0. The molecule has 0 aromatic carbocycles. The lowest BCUT2D eigenvalue weighted by Crippen LogP contribution is -2.16. The van der Waals surface area contributed by atoms with E-state index in [0.29, 0.717) is 13.2 Å². The fourth-order valence-electron chi connectivity index (χ4n) is 0.857. The van der Waals surface area contributed by atoms with Crippen molar-refractivity contribution in [1.29, 1.82) is 0 Å². The van der Waals surface area contributed by atoms with E-state index in [-0.39, 0.29) is 17.8 Å². The quantitative estimate of drug-likeness (QED) is 0.213. The lowest BCUT2D eigenvalue weighted by atomic mass is 10.1. The molecule has 0 aromatic heterocycles. The lowest BCUT2D eigenvalue weighted by Gasteiger charge is -2.05. The molecule has 0 saturated carbocycles. The van der Waals surface area contributed by atoms with E-state index < -0.39 is 5.97 Å². The van der Waals surface area contributed by atoms with Gasteiger partial charge in [-0.15, -0.1) is 0 Å². The molecule has 0 radical (unpaired) electrons. The summed E-state index contributed by atoms with van der Waals surface area (Å²) >= 11 is 0. The predicted molar refractivity (Wildman–Crippen MR) is 56.3 cm³/mol. The molecule has 0 aromatic rings. The van der Waals surface area contributed by atoms with Gasteiger partial charge in [0, 0.05) is 6.42 Å². The Morgan fingerprint density at radius 1 is 1.20 bits per heavy atom. The minimum Gasteiger partial charge on any atom is -0.500 e. The Labute approximate surface area is 90.2 Å². The van der Waals surface area contributed by atoms with Crippen LogP contribution in [-0.4, -0.2) is 25.0 Å². The van der Waals surface area contributed by atoms with Gasteiger partial charge in [-0.05, 0) is 13.3 Å². The molecule has 0 aliphatic carbocycles. The van der Waals surface area contributed by atoms with Crippen molar-refractivity contribution < 1.29 is 19.1 Å². The summed E-state index contributed by atoms with van der Waals surface area (Å²) < 4.78 is 9.80. The van der Waals surface area contributed by atoms with E-state index in [1.165, 1.54) is 6.26 Å². The van der Waals surface area contributed by atoms with E-state index >= 15 is 0 Å². The van der Waals surface area contributed by atoms with Crippen LogP contribution < -0.4 is 0 Å². The second-order valence-electron chi connectivity index (χ2n) is 2.90. The summed E-state index contributed by atoms with van der Waals surface area (Å²) in [5.41, 5.74) is -0.00667. The summed E-state index contributed by atoms with van der Waals surface area (Å²) in [6, 6.07) is 0. The number of ether oxygens (including phenoxy) is 2. The molecule has 86 valence electrons. The average Bonchev–Trinajstić information content (AvgIpc) is 2.26. The highest BCUT2D eigenvalue weighted by Crippen LogP contribution is 2.04. The second-order valence-corrected chi connectivity index (χ2v) is 2.90.